The summed E-state index contributed by atoms with van der Waals surface area (Å²) in [6.07, 6.45) is 3.68. The monoisotopic (exact) mass is 437 g/mol. The van der Waals surface area contributed by atoms with E-state index in [-0.39, 0.29) is 18.2 Å². The van der Waals surface area contributed by atoms with Crippen molar-refractivity contribution in [2.75, 3.05) is 13.1 Å². The van der Waals surface area contributed by atoms with Gasteiger partial charge in [-0.1, -0.05) is 0 Å². The van der Waals surface area contributed by atoms with E-state index >= 15 is 0 Å². The summed E-state index contributed by atoms with van der Waals surface area (Å²) >= 11 is 3.58. The Morgan fingerprint density at radius 1 is 1.26 bits per heavy atom. The molecule has 1 aliphatic rings. The van der Waals surface area contributed by atoms with Crippen LogP contribution in [0.5, 0.6) is 5.75 Å². The molecule has 0 atom stereocenters. The Kier molecular flexibility index (Phi) is 5.70. The number of fused-ring (bicyclic) bond motifs is 1. The number of carbonyl (C=O) groups is 1. The van der Waals surface area contributed by atoms with Gasteiger partial charge in [0.1, 0.15) is 11.4 Å². The standard InChI is InChI=1S/C20H28BrN3O3/c1-13(2)26-18-11-17-14(10-16(18)21)12-24(22-17)15-6-8-23(9-7-15)19(25)27-20(3,4)5/h10-13,15H,6-9H2,1-5H3. The number of halogens is 1. The molecule has 1 amide bonds. The average molecular weight is 438 g/mol. The number of piperidine rings is 1. The zero-order valence-corrected chi connectivity index (χ0v) is 18.2. The molecule has 27 heavy (non-hydrogen) atoms. The van der Waals surface area contributed by atoms with Crippen molar-refractivity contribution in [3.63, 3.8) is 0 Å². The molecule has 0 unspecified atom stereocenters. The normalized spacial score (nSPS) is 16.2. The van der Waals surface area contributed by atoms with E-state index in [1.807, 2.05) is 51.4 Å². The molecule has 7 heteroatoms. The largest absolute Gasteiger partial charge is 0.490 e. The number of amides is 1. The first-order valence-corrected chi connectivity index (χ1v) is 10.2. The molecular weight excluding hydrogens is 410 g/mol. The van der Waals surface area contributed by atoms with Gasteiger partial charge in [0.15, 0.2) is 0 Å². The quantitative estimate of drug-likeness (QED) is 0.665. The van der Waals surface area contributed by atoms with Crippen LogP contribution in [-0.2, 0) is 4.74 Å². The van der Waals surface area contributed by atoms with E-state index in [4.69, 9.17) is 14.6 Å². The zero-order chi connectivity index (χ0) is 19.8. The molecule has 1 saturated heterocycles. The Morgan fingerprint density at radius 2 is 1.93 bits per heavy atom. The fraction of sp³-hybridized carbons (Fsp3) is 0.600. The van der Waals surface area contributed by atoms with Crippen molar-refractivity contribution in [2.24, 2.45) is 0 Å². The summed E-state index contributed by atoms with van der Waals surface area (Å²) in [4.78, 5) is 14.0. The third kappa shape index (κ3) is 4.94. The molecule has 2 aromatic rings. The highest BCUT2D eigenvalue weighted by Crippen LogP contribution is 2.32. The van der Waals surface area contributed by atoms with Crippen LogP contribution < -0.4 is 4.74 Å². The number of rotatable bonds is 3. The summed E-state index contributed by atoms with van der Waals surface area (Å²) in [5.74, 6) is 0.808. The van der Waals surface area contributed by atoms with Crippen LogP contribution in [0.3, 0.4) is 0 Å². The van der Waals surface area contributed by atoms with Crippen molar-refractivity contribution in [1.29, 1.82) is 0 Å². The van der Waals surface area contributed by atoms with Gasteiger partial charge in [-0.05, 0) is 69.5 Å². The molecule has 1 aromatic carbocycles. The maximum atomic E-state index is 12.2. The topological polar surface area (TPSA) is 56.6 Å². The highest BCUT2D eigenvalue weighted by Gasteiger charge is 2.28. The lowest BCUT2D eigenvalue weighted by atomic mass is 10.1. The predicted molar refractivity (Wildman–Crippen MR) is 109 cm³/mol. The van der Waals surface area contributed by atoms with Crippen molar-refractivity contribution in [3.8, 4) is 5.75 Å². The van der Waals surface area contributed by atoms with Crippen LogP contribution >= 0.6 is 15.9 Å². The third-order valence-electron chi connectivity index (χ3n) is 4.43. The van der Waals surface area contributed by atoms with Crippen molar-refractivity contribution < 1.29 is 14.3 Å². The molecule has 1 fully saturated rings. The molecule has 0 bridgehead atoms. The first kappa shape index (κ1) is 20.0. The summed E-state index contributed by atoms with van der Waals surface area (Å²) < 4.78 is 14.3. The van der Waals surface area contributed by atoms with Gasteiger partial charge in [0.2, 0.25) is 0 Å². The second-order valence-corrected chi connectivity index (χ2v) is 9.17. The Labute approximate surface area is 168 Å². The fourth-order valence-electron chi connectivity index (χ4n) is 3.21. The predicted octanol–water partition coefficient (Wildman–Crippen LogP) is 5.16. The van der Waals surface area contributed by atoms with E-state index in [0.717, 1.165) is 34.0 Å². The first-order valence-electron chi connectivity index (χ1n) is 9.45. The number of hydrogen-bond donors (Lipinski definition) is 0. The van der Waals surface area contributed by atoms with Crippen LogP contribution in [0.2, 0.25) is 0 Å². The molecule has 0 N–H and O–H groups in total. The molecule has 0 spiro atoms. The van der Waals surface area contributed by atoms with Crippen LogP contribution in [0.4, 0.5) is 4.79 Å². The fourth-order valence-corrected chi connectivity index (χ4v) is 3.67. The minimum Gasteiger partial charge on any atom is -0.490 e. The van der Waals surface area contributed by atoms with E-state index in [2.05, 4.69) is 22.1 Å². The molecule has 148 valence electrons. The molecular formula is C20H28BrN3O3. The molecule has 0 aliphatic carbocycles. The lowest BCUT2D eigenvalue weighted by molar-refractivity contribution is 0.0185. The van der Waals surface area contributed by atoms with Gasteiger partial charge in [-0.2, -0.15) is 5.10 Å². The van der Waals surface area contributed by atoms with Gasteiger partial charge in [0.25, 0.3) is 0 Å². The van der Waals surface area contributed by atoms with Crippen LogP contribution in [0.1, 0.15) is 53.5 Å². The summed E-state index contributed by atoms with van der Waals surface area (Å²) in [7, 11) is 0. The first-order chi connectivity index (χ1) is 12.6. The van der Waals surface area contributed by atoms with E-state index in [0.29, 0.717) is 13.1 Å². The summed E-state index contributed by atoms with van der Waals surface area (Å²) in [5, 5.41) is 5.83. The Hall–Kier alpha value is -1.76. The summed E-state index contributed by atoms with van der Waals surface area (Å²) in [5.41, 5.74) is 0.458. The summed E-state index contributed by atoms with van der Waals surface area (Å²) in [6.45, 7) is 11.1. The number of aromatic nitrogens is 2. The molecule has 0 radical (unpaired) electrons. The highest BCUT2D eigenvalue weighted by atomic mass is 79.9. The minimum absolute atomic E-state index is 0.109. The second kappa shape index (κ2) is 7.70. The lowest BCUT2D eigenvalue weighted by Gasteiger charge is -2.33. The number of carbonyl (C=O) groups excluding carboxylic acids is 1. The number of ether oxygens (including phenoxy) is 2. The smallest absolute Gasteiger partial charge is 0.410 e. The maximum absolute atomic E-state index is 12.2. The van der Waals surface area contributed by atoms with Gasteiger partial charge in [0, 0.05) is 30.7 Å². The van der Waals surface area contributed by atoms with Crippen LogP contribution in [-0.4, -0.2) is 45.6 Å². The van der Waals surface area contributed by atoms with Crippen LogP contribution in [0.15, 0.2) is 22.8 Å². The second-order valence-electron chi connectivity index (χ2n) is 8.32. The lowest BCUT2D eigenvalue weighted by Crippen LogP contribution is -2.42. The molecule has 6 nitrogen and oxygen atoms in total. The molecule has 0 saturated carbocycles. The zero-order valence-electron chi connectivity index (χ0n) is 16.7. The van der Waals surface area contributed by atoms with Gasteiger partial charge in [-0.15, -0.1) is 0 Å². The van der Waals surface area contributed by atoms with Gasteiger partial charge >= 0.3 is 6.09 Å². The van der Waals surface area contributed by atoms with Gasteiger partial charge in [-0.3, -0.25) is 4.68 Å². The number of hydrogen-bond acceptors (Lipinski definition) is 4. The maximum Gasteiger partial charge on any atom is 0.410 e. The van der Waals surface area contributed by atoms with Crippen LogP contribution in [0.25, 0.3) is 10.9 Å². The average Bonchev–Trinajstić information content (AvgIpc) is 2.96. The van der Waals surface area contributed by atoms with Gasteiger partial charge in [0.05, 0.1) is 22.1 Å². The SMILES string of the molecule is CC(C)Oc1cc2nn(C3CCN(C(=O)OC(C)(C)C)CC3)cc2cc1Br. The van der Waals surface area contributed by atoms with Crippen molar-refractivity contribution in [3.05, 3.63) is 22.8 Å². The van der Waals surface area contributed by atoms with Gasteiger partial charge < -0.3 is 14.4 Å². The molecule has 2 heterocycles. The molecule has 1 aromatic heterocycles. The van der Waals surface area contributed by atoms with E-state index in [9.17, 15) is 4.79 Å². The highest BCUT2D eigenvalue weighted by molar-refractivity contribution is 9.10. The van der Waals surface area contributed by atoms with Crippen molar-refractivity contribution >= 4 is 32.9 Å². The minimum atomic E-state index is -0.462. The third-order valence-corrected chi connectivity index (χ3v) is 5.05. The number of likely N-dealkylation sites (tertiary alicyclic amines) is 1. The molecule has 1 aliphatic heterocycles. The van der Waals surface area contributed by atoms with Crippen LogP contribution in [0, 0.1) is 0 Å². The Morgan fingerprint density at radius 3 is 2.52 bits per heavy atom. The van der Waals surface area contributed by atoms with E-state index in [1.54, 1.807) is 4.90 Å². The summed E-state index contributed by atoms with van der Waals surface area (Å²) in [6, 6.07) is 4.31. The Balaban J connectivity index is 1.69. The van der Waals surface area contributed by atoms with Gasteiger partial charge in [-0.25, -0.2) is 4.79 Å². The van der Waals surface area contributed by atoms with E-state index < -0.39 is 5.60 Å². The Bertz CT molecular complexity index is 818. The van der Waals surface area contributed by atoms with Crippen molar-refractivity contribution in [1.82, 2.24) is 14.7 Å². The number of benzene rings is 1. The van der Waals surface area contributed by atoms with Crippen molar-refractivity contribution in [2.45, 2.75) is 65.2 Å². The molecule has 3 rings (SSSR count). The van der Waals surface area contributed by atoms with E-state index in [1.165, 1.54) is 0 Å². The number of nitrogens with zero attached hydrogens (tertiary/aromatic N) is 3.